The van der Waals surface area contributed by atoms with Gasteiger partial charge in [-0.15, -0.1) is 0 Å². The normalized spacial score (nSPS) is 12.8. The third-order valence-corrected chi connectivity index (χ3v) is 13.7. The van der Waals surface area contributed by atoms with E-state index in [1.807, 2.05) is 18.2 Å². The molecule has 1 aliphatic carbocycles. The molecule has 11 aromatic rings. The number of furan rings is 1. The number of rotatable bonds is 10. The lowest BCUT2D eigenvalue weighted by molar-refractivity contribution is 0.672. The van der Waals surface area contributed by atoms with Crippen LogP contribution >= 0.6 is 0 Å². The van der Waals surface area contributed by atoms with Gasteiger partial charge in [-0.2, -0.15) is 0 Å². The van der Waals surface area contributed by atoms with E-state index in [1.54, 1.807) is 0 Å². The minimum atomic E-state index is -0.549. The van der Waals surface area contributed by atoms with Crippen molar-refractivity contribution in [2.75, 3.05) is 4.90 Å². The molecule has 12 rings (SSSR count). The maximum absolute atomic E-state index is 6.60. The molecular weight excluding hydrogens is 811 g/mol. The zero-order chi connectivity index (χ0) is 44.9. The number of anilines is 3. The molecule has 67 heavy (non-hydrogen) atoms. The Morgan fingerprint density at radius 2 is 1.12 bits per heavy atom. The fourth-order valence-corrected chi connectivity index (χ4v) is 10.7. The fraction of sp³-hybridized carbons (Fsp3) is 0.0154. The summed E-state index contributed by atoms with van der Waals surface area (Å²) < 4.78 is 6.60. The third kappa shape index (κ3) is 6.49. The van der Waals surface area contributed by atoms with E-state index in [4.69, 9.17) is 4.42 Å². The first kappa shape index (κ1) is 39.8. The van der Waals surface area contributed by atoms with Crippen molar-refractivity contribution in [2.45, 2.75) is 5.41 Å². The highest BCUT2D eigenvalue weighted by atomic mass is 16.3. The molecule has 1 heterocycles. The molecule has 0 amide bonds. The molecule has 0 saturated heterocycles. The van der Waals surface area contributed by atoms with Crippen LogP contribution in [0.15, 0.2) is 266 Å². The molecule has 0 spiro atoms. The average Bonchev–Trinajstić information content (AvgIpc) is 3.92. The van der Waals surface area contributed by atoms with Crippen LogP contribution in [0.2, 0.25) is 0 Å². The number of allylic oxidation sites excluding steroid dienone is 4. The van der Waals surface area contributed by atoms with Crippen molar-refractivity contribution in [1.82, 2.24) is 0 Å². The highest BCUT2D eigenvalue weighted by Crippen LogP contribution is 2.57. The second kappa shape index (κ2) is 16.4. The van der Waals surface area contributed by atoms with Crippen LogP contribution < -0.4 is 4.90 Å². The molecule has 2 nitrogen and oxygen atoms in total. The lowest BCUT2D eigenvalue weighted by Gasteiger charge is -2.35. The second-order valence-electron chi connectivity index (χ2n) is 17.3. The lowest BCUT2D eigenvalue weighted by Crippen LogP contribution is -2.28. The molecule has 0 fully saturated rings. The van der Waals surface area contributed by atoms with Crippen LogP contribution in [0.4, 0.5) is 17.1 Å². The Hall–Kier alpha value is -8.72. The van der Waals surface area contributed by atoms with E-state index >= 15 is 0 Å². The zero-order valence-corrected chi connectivity index (χ0v) is 36.9. The number of hydrogen-bond donors (Lipinski definition) is 0. The summed E-state index contributed by atoms with van der Waals surface area (Å²) in [6.45, 7) is 7.99. The predicted octanol–water partition coefficient (Wildman–Crippen LogP) is 17.7. The summed E-state index contributed by atoms with van der Waals surface area (Å²) in [4.78, 5) is 2.44. The first-order chi connectivity index (χ1) is 33.1. The van der Waals surface area contributed by atoms with Gasteiger partial charge in [0, 0.05) is 33.1 Å². The zero-order valence-electron chi connectivity index (χ0n) is 36.9. The van der Waals surface area contributed by atoms with Gasteiger partial charge >= 0.3 is 0 Å². The number of fused-ring (bicyclic) bond motifs is 8. The molecule has 0 unspecified atom stereocenters. The van der Waals surface area contributed by atoms with Crippen LogP contribution in [0.25, 0.3) is 71.7 Å². The lowest BCUT2D eigenvalue weighted by atomic mass is 9.67. The number of nitrogens with zero attached hydrogens (tertiary/aromatic N) is 1. The van der Waals surface area contributed by atoms with Gasteiger partial charge in [0.25, 0.3) is 0 Å². The maximum atomic E-state index is 6.60. The van der Waals surface area contributed by atoms with E-state index in [1.165, 1.54) is 38.8 Å². The summed E-state index contributed by atoms with van der Waals surface area (Å²) in [6, 6.07) is 84.0. The average molecular weight is 856 g/mol. The van der Waals surface area contributed by atoms with Crippen molar-refractivity contribution in [3.05, 3.63) is 290 Å². The Kier molecular flexibility index (Phi) is 9.73. The molecule has 1 aromatic heterocycles. The van der Waals surface area contributed by atoms with Crippen LogP contribution in [0.1, 0.15) is 27.8 Å². The van der Waals surface area contributed by atoms with Gasteiger partial charge in [-0.3, -0.25) is 0 Å². The van der Waals surface area contributed by atoms with E-state index in [2.05, 4.69) is 249 Å². The second-order valence-corrected chi connectivity index (χ2v) is 17.3. The van der Waals surface area contributed by atoms with Crippen molar-refractivity contribution >= 4 is 55.3 Å². The minimum absolute atomic E-state index is 0.549. The Balaban J connectivity index is 1.07. The summed E-state index contributed by atoms with van der Waals surface area (Å²) >= 11 is 0. The molecule has 0 N–H and O–H groups in total. The van der Waals surface area contributed by atoms with Gasteiger partial charge < -0.3 is 9.32 Å². The fourth-order valence-electron chi connectivity index (χ4n) is 10.7. The summed E-state index contributed by atoms with van der Waals surface area (Å²) in [7, 11) is 0. The predicted molar refractivity (Wildman–Crippen MR) is 282 cm³/mol. The van der Waals surface area contributed by atoms with Crippen molar-refractivity contribution in [1.29, 1.82) is 0 Å². The van der Waals surface area contributed by atoms with Gasteiger partial charge in [0.15, 0.2) is 0 Å². The molecule has 2 heteroatoms. The quantitative estimate of drug-likeness (QED) is 0.127. The summed E-state index contributed by atoms with van der Waals surface area (Å²) in [6.07, 6.45) is 5.69. The highest BCUT2D eigenvalue weighted by Gasteiger charge is 2.46. The van der Waals surface area contributed by atoms with Crippen molar-refractivity contribution < 1.29 is 4.42 Å². The molecule has 1 aliphatic rings. The van der Waals surface area contributed by atoms with Gasteiger partial charge in [-0.25, -0.2) is 0 Å². The van der Waals surface area contributed by atoms with Crippen LogP contribution in [-0.2, 0) is 5.41 Å². The van der Waals surface area contributed by atoms with E-state index in [9.17, 15) is 0 Å². The van der Waals surface area contributed by atoms with Gasteiger partial charge in [0.05, 0.1) is 11.1 Å². The van der Waals surface area contributed by atoms with Crippen molar-refractivity contribution in [3.8, 4) is 33.4 Å². The van der Waals surface area contributed by atoms with E-state index in [0.717, 1.165) is 77.8 Å². The Morgan fingerprint density at radius 1 is 0.448 bits per heavy atom. The van der Waals surface area contributed by atoms with Gasteiger partial charge in [0.2, 0.25) is 0 Å². The minimum Gasteiger partial charge on any atom is -0.455 e. The summed E-state index contributed by atoms with van der Waals surface area (Å²) in [5.41, 5.74) is 18.6. The maximum Gasteiger partial charge on any atom is 0.143 e. The molecule has 0 atom stereocenters. The molecule has 0 bridgehead atoms. The van der Waals surface area contributed by atoms with Gasteiger partial charge in [0.1, 0.15) is 11.2 Å². The van der Waals surface area contributed by atoms with E-state index in [-0.39, 0.29) is 0 Å². The first-order valence-electron chi connectivity index (χ1n) is 22.9. The summed E-state index contributed by atoms with van der Waals surface area (Å²) in [5.74, 6) is 0. The molecule has 0 aliphatic heterocycles. The largest absolute Gasteiger partial charge is 0.455 e. The van der Waals surface area contributed by atoms with Crippen LogP contribution in [0, 0.1) is 0 Å². The van der Waals surface area contributed by atoms with Crippen LogP contribution in [0.3, 0.4) is 0 Å². The van der Waals surface area contributed by atoms with E-state index < -0.39 is 5.41 Å². The first-order valence-corrected chi connectivity index (χ1v) is 22.9. The molecular formula is C65H45NO. The standard InChI is InChI=1S/C65H45NO/c1-3-18-44(4-2)47-20-17-21-48(41-47)45-31-35-52(36-32-45)66(62-30-16-14-26-54(62)49-34-40-63-59(42-49)58-38-33-46-19-11-12-27-55(46)64(58)67-63)53-37-39-57-56-28-13-15-29-60(56)65(61(57)43-53,50-22-7-5-8-23-50)51-24-9-6-10-25-51/h3-43H,1-2H2/b44-18+. The van der Waals surface area contributed by atoms with Crippen LogP contribution in [0.5, 0.6) is 0 Å². The molecule has 0 radical (unpaired) electrons. The highest BCUT2D eigenvalue weighted by molar-refractivity contribution is 6.15. The van der Waals surface area contributed by atoms with E-state index in [0.29, 0.717) is 0 Å². The summed E-state index contributed by atoms with van der Waals surface area (Å²) in [5, 5.41) is 4.50. The monoisotopic (exact) mass is 855 g/mol. The Labute approximate surface area is 391 Å². The molecule has 0 saturated carbocycles. The van der Waals surface area contributed by atoms with Crippen molar-refractivity contribution in [3.63, 3.8) is 0 Å². The number of benzene rings is 10. The Morgan fingerprint density at radius 3 is 1.90 bits per heavy atom. The van der Waals surface area contributed by atoms with Crippen LogP contribution in [-0.4, -0.2) is 0 Å². The molecule has 10 aromatic carbocycles. The molecule has 316 valence electrons. The van der Waals surface area contributed by atoms with Gasteiger partial charge in [-0.05, 0) is 121 Å². The third-order valence-electron chi connectivity index (χ3n) is 13.7. The Bertz CT molecular complexity index is 3680. The smallest absolute Gasteiger partial charge is 0.143 e. The number of para-hydroxylation sites is 1. The number of hydrogen-bond acceptors (Lipinski definition) is 2. The topological polar surface area (TPSA) is 16.4 Å². The van der Waals surface area contributed by atoms with Gasteiger partial charge in [-0.1, -0.05) is 207 Å². The van der Waals surface area contributed by atoms with Crippen molar-refractivity contribution in [2.24, 2.45) is 0 Å². The SMILES string of the molecule is C=C/C=C(\C=C)c1cccc(-c2ccc(N(c3ccc4c(c3)C(c3ccccc3)(c3ccccc3)c3ccccc3-4)c3ccccc3-c3ccc4oc5c6ccccc6ccc5c4c3)cc2)c1.